The molecule has 34 heavy (non-hydrogen) atoms. The van der Waals surface area contributed by atoms with Crippen molar-refractivity contribution in [3.8, 4) is 11.3 Å². The molecule has 8 heteroatoms. The highest BCUT2D eigenvalue weighted by atomic mass is 35.5. The van der Waals surface area contributed by atoms with E-state index in [0.717, 1.165) is 22.5 Å². The van der Waals surface area contributed by atoms with Crippen LogP contribution < -0.4 is 10.2 Å². The quantitative estimate of drug-likeness (QED) is 0.324. The molecule has 2 aromatic carbocycles. The monoisotopic (exact) mass is 489 g/mol. The molecule has 2 N–H and O–H groups in total. The highest BCUT2D eigenvalue weighted by molar-refractivity contribution is 7.80. The second-order valence-electron chi connectivity index (χ2n) is 8.01. The van der Waals surface area contributed by atoms with Crippen molar-refractivity contribution in [2.45, 2.75) is 19.0 Å². The Bertz CT molecular complexity index is 1370. The lowest BCUT2D eigenvalue weighted by molar-refractivity contribution is 0.0697. The van der Waals surface area contributed by atoms with Gasteiger partial charge in [-0.25, -0.2) is 4.79 Å². The lowest BCUT2D eigenvalue weighted by Gasteiger charge is -2.26. The number of pyridine rings is 1. The first-order valence-corrected chi connectivity index (χ1v) is 11.4. The number of nitrogens with one attached hydrogen (secondary N) is 1. The number of carbonyl (C=O) groups is 1. The van der Waals surface area contributed by atoms with Gasteiger partial charge in [0.05, 0.1) is 17.3 Å². The molecule has 3 heterocycles. The maximum Gasteiger partial charge on any atom is 0.335 e. The Morgan fingerprint density at radius 2 is 1.91 bits per heavy atom. The zero-order chi connectivity index (χ0) is 23.8. The number of carboxylic acids is 1. The molecule has 2 atom stereocenters. The van der Waals surface area contributed by atoms with Gasteiger partial charge < -0.3 is 19.7 Å². The average molecular weight is 490 g/mol. The number of carboxylic acid groups (broad SMARTS) is 1. The Hall–Kier alpha value is -3.68. The van der Waals surface area contributed by atoms with E-state index in [0.29, 0.717) is 21.7 Å². The number of furan rings is 1. The Balaban J connectivity index is 1.58. The Morgan fingerprint density at radius 1 is 1.12 bits per heavy atom. The molecule has 1 fully saturated rings. The molecule has 2 unspecified atom stereocenters. The van der Waals surface area contributed by atoms with Gasteiger partial charge in [-0.2, -0.15) is 0 Å². The van der Waals surface area contributed by atoms with Gasteiger partial charge in [0.15, 0.2) is 5.11 Å². The largest absolute Gasteiger partial charge is 0.478 e. The molecule has 1 saturated heterocycles. The maximum absolute atomic E-state index is 11.3. The molecule has 1 aliphatic rings. The fourth-order valence-corrected chi connectivity index (χ4v) is 4.73. The number of hydrogen-bond acceptors (Lipinski definition) is 4. The Morgan fingerprint density at radius 3 is 2.59 bits per heavy atom. The zero-order valence-electron chi connectivity index (χ0n) is 18.1. The number of rotatable bonds is 5. The van der Waals surface area contributed by atoms with Gasteiger partial charge in [0, 0.05) is 22.5 Å². The SMILES string of the molecule is Cc1cc(C(=O)O)ccc1-c1ccc(C2C(c3ccccn3)NC(=S)N2c2ccc(Cl)cc2)o1. The van der Waals surface area contributed by atoms with Crippen LogP contribution in [-0.2, 0) is 0 Å². The van der Waals surface area contributed by atoms with Crippen molar-refractivity contribution in [2.75, 3.05) is 4.90 Å². The summed E-state index contributed by atoms with van der Waals surface area (Å²) in [7, 11) is 0. The van der Waals surface area contributed by atoms with Crippen LogP contribution in [0.4, 0.5) is 5.69 Å². The standard InChI is InChI=1S/C26H20ClN3O3S/c1-15-14-16(25(31)32)5-10-19(15)21-11-12-22(33-21)24-23(20-4-2-3-13-28-20)29-26(34)30(24)18-8-6-17(27)7-9-18/h2-14,23-24H,1H3,(H,29,34)(H,31,32). The Labute approximate surface area is 206 Å². The van der Waals surface area contributed by atoms with Crippen LogP contribution in [0.15, 0.2) is 83.4 Å². The molecule has 0 amide bonds. The third-order valence-corrected chi connectivity index (χ3v) is 6.43. The van der Waals surface area contributed by atoms with E-state index in [-0.39, 0.29) is 17.6 Å². The van der Waals surface area contributed by atoms with E-state index in [9.17, 15) is 9.90 Å². The second-order valence-corrected chi connectivity index (χ2v) is 8.83. The molecular formula is C26H20ClN3O3S. The van der Waals surface area contributed by atoms with E-state index < -0.39 is 5.97 Å². The van der Waals surface area contributed by atoms with E-state index in [4.69, 9.17) is 28.2 Å². The predicted octanol–water partition coefficient (Wildman–Crippen LogP) is 6.18. The molecule has 0 bridgehead atoms. The smallest absolute Gasteiger partial charge is 0.335 e. The first-order chi connectivity index (χ1) is 16.4. The first-order valence-electron chi connectivity index (χ1n) is 10.6. The molecule has 0 spiro atoms. The molecule has 5 rings (SSSR count). The number of halogens is 1. The summed E-state index contributed by atoms with van der Waals surface area (Å²) >= 11 is 11.8. The van der Waals surface area contributed by atoms with Crippen LogP contribution >= 0.6 is 23.8 Å². The maximum atomic E-state index is 11.3. The van der Waals surface area contributed by atoms with Gasteiger partial charge in [-0.3, -0.25) is 4.98 Å². The van der Waals surface area contributed by atoms with Crippen LogP contribution in [0.5, 0.6) is 0 Å². The van der Waals surface area contributed by atoms with Gasteiger partial charge in [-0.1, -0.05) is 23.7 Å². The summed E-state index contributed by atoms with van der Waals surface area (Å²) in [5.74, 6) is 0.393. The number of nitrogens with zero attached hydrogens (tertiary/aromatic N) is 2. The summed E-state index contributed by atoms with van der Waals surface area (Å²) < 4.78 is 6.37. The topological polar surface area (TPSA) is 78.6 Å². The lowest BCUT2D eigenvalue weighted by atomic mass is 10.0. The van der Waals surface area contributed by atoms with Crippen molar-refractivity contribution in [3.05, 3.63) is 107 Å². The van der Waals surface area contributed by atoms with Crippen LogP contribution in [0.3, 0.4) is 0 Å². The predicted molar refractivity (Wildman–Crippen MR) is 135 cm³/mol. The van der Waals surface area contributed by atoms with Gasteiger partial charge >= 0.3 is 5.97 Å². The van der Waals surface area contributed by atoms with Crippen LogP contribution in [0.2, 0.25) is 5.02 Å². The number of aryl methyl sites for hydroxylation is 1. The van der Waals surface area contributed by atoms with Crippen LogP contribution in [0.1, 0.15) is 39.5 Å². The zero-order valence-corrected chi connectivity index (χ0v) is 19.7. The van der Waals surface area contributed by atoms with Gasteiger partial charge in [-0.15, -0.1) is 0 Å². The molecule has 0 saturated carbocycles. The van der Waals surface area contributed by atoms with Crippen molar-refractivity contribution in [3.63, 3.8) is 0 Å². The van der Waals surface area contributed by atoms with E-state index >= 15 is 0 Å². The van der Waals surface area contributed by atoms with Crippen LogP contribution in [0, 0.1) is 6.92 Å². The van der Waals surface area contributed by atoms with Gasteiger partial charge in [0.25, 0.3) is 0 Å². The van der Waals surface area contributed by atoms with E-state index in [1.807, 2.05) is 66.4 Å². The highest BCUT2D eigenvalue weighted by Gasteiger charge is 2.42. The minimum Gasteiger partial charge on any atom is -0.478 e. The minimum atomic E-state index is -0.961. The number of aromatic carboxylic acids is 1. The summed E-state index contributed by atoms with van der Waals surface area (Å²) in [6, 6.07) is 21.5. The van der Waals surface area contributed by atoms with Crippen molar-refractivity contribution in [1.29, 1.82) is 0 Å². The number of hydrogen-bond donors (Lipinski definition) is 2. The Kier molecular flexibility index (Phi) is 5.81. The third-order valence-electron chi connectivity index (χ3n) is 5.86. The number of aromatic nitrogens is 1. The molecule has 170 valence electrons. The number of anilines is 1. The van der Waals surface area contributed by atoms with Crippen molar-refractivity contribution in [1.82, 2.24) is 10.3 Å². The fraction of sp³-hybridized carbons (Fsp3) is 0.115. The van der Waals surface area contributed by atoms with E-state index in [2.05, 4.69) is 10.3 Å². The molecule has 1 aliphatic heterocycles. The summed E-state index contributed by atoms with van der Waals surface area (Å²) in [6.07, 6.45) is 1.75. The summed E-state index contributed by atoms with van der Waals surface area (Å²) in [4.78, 5) is 17.9. The fourth-order valence-electron chi connectivity index (χ4n) is 4.25. The van der Waals surface area contributed by atoms with E-state index in [1.54, 1.807) is 24.4 Å². The second kappa shape index (κ2) is 8.93. The van der Waals surface area contributed by atoms with Crippen LogP contribution in [-0.4, -0.2) is 21.2 Å². The molecule has 2 aromatic heterocycles. The molecule has 4 aromatic rings. The lowest BCUT2D eigenvalue weighted by Crippen LogP contribution is -2.29. The molecule has 0 aliphatic carbocycles. The first kappa shape index (κ1) is 22.1. The summed E-state index contributed by atoms with van der Waals surface area (Å²) in [5.41, 5.74) is 3.60. The van der Waals surface area contributed by atoms with E-state index in [1.165, 1.54) is 0 Å². The van der Waals surface area contributed by atoms with Crippen molar-refractivity contribution >= 4 is 40.6 Å². The average Bonchev–Trinajstić information content (AvgIpc) is 3.44. The summed E-state index contributed by atoms with van der Waals surface area (Å²) in [5, 5.41) is 13.9. The van der Waals surface area contributed by atoms with Gasteiger partial charge in [-0.05, 0) is 85.4 Å². The molecule has 0 radical (unpaired) electrons. The highest BCUT2D eigenvalue weighted by Crippen LogP contribution is 2.43. The van der Waals surface area contributed by atoms with Crippen LogP contribution in [0.25, 0.3) is 11.3 Å². The van der Waals surface area contributed by atoms with Gasteiger partial charge in [0.1, 0.15) is 17.6 Å². The van der Waals surface area contributed by atoms with Gasteiger partial charge in [0.2, 0.25) is 0 Å². The minimum absolute atomic E-state index is 0.237. The third kappa shape index (κ3) is 4.04. The van der Waals surface area contributed by atoms with Crippen molar-refractivity contribution < 1.29 is 14.3 Å². The molecular weight excluding hydrogens is 470 g/mol. The normalized spacial score (nSPS) is 17.6. The van der Waals surface area contributed by atoms with Crippen molar-refractivity contribution in [2.24, 2.45) is 0 Å². The number of benzene rings is 2. The number of thiocarbonyl (C=S) groups is 1. The summed E-state index contributed by atoms with van der Waals surface area (Å²) in [6.45, 7) is 1.87. The molecule has 6 nitrogen and oxygen atoms in total.